The van der Waals surface area contributed by atoms with Crippen molar-refractivity contribution in [2.75, 3.05) is 0 Å². The maximum atomic E-state index is 16.9. The van der Waals surface area contributed by atoms with E-state index in [-0.39, 0.29) is 63.8 Å². The van der Waals surface area contributed by atoms with Gasteiger partial charge in [0.1, 0.15) is 25.4 Å². The summed E-state index contributed by atoms with van der Waals surface area (Å²) >= 11 is 0. The Balaban J connectivity index is 1.18. The summed E-state index contributed by atoms with van der Waals surface area (Å²) in [7, 11) is 0. The summed E-state index contributed by atoms with van der Waals surface area (Å²) in [4.78, 5) is 51.8. The van der Waals surface area contributed by atoms with E-state index in [0.717, 1.165) is 22.3 Å². The Morgan fingerprint density at radius 3 is 1.73 bits per heavy atom. The summed E-state index contributed by atoms with van der Waals surface area (Å²) in [5.41, 5.74) is 1.33. The molecule has 0 bridgehead atoms. The van der Waals surface area contributed by atoms with Crippen LogP contribution in [0.2, 0.25) is 0 Å². The Labute approximate surface area is 388 Å². The predicted molar refractivity (Wildman–Crippen MR) is 247 cm³/mol. The van der Waals surface area contributed by atoms with E-state index in [0.29, 0.717) is 25.7 Å². The smallest absolute Gasteiger partial charge is 0.408 e. The second kappa shape index (κ2) is 26.0. The van der Waals surface area contributed by atoms with Crippen molar-refractivity contribution in [1.29, 1.82) is 0 Å². The van der Waals surface area contributed by atoms with E-state index in [1.807, 2.05) is 123 Å². The normalized spacial score (nSPS) is 20.4. The van der Waals surface area contributed by atoms with E-state index in [9.17, 15) is 19.2 Å². The monoisotopic (exact) mass is 912 g/mol. The van der Waals surface area contributed by atoms with Crippen molar-refractivity contribution in [3.63, 3.8) is 0 Å². The molecule has 0 unspecified atom stereocenters. The summed E-state index contributed by atoms with van der Waals surface area (Å²) < 4.78 is 63.8. The summed E-state index contributed by atoms with van der Waals surface area (Å²) in [6.07, 6.45) is -1.77. The number of carbonyl (C=O) groups excluding carboxylic acids is 4. The Hall–Kier alpha value is -5.50. The number of carbonyl (C=O) groups is 4. The van der Waals surface area contributed by atoms with Crippen LogP contribution >= 0.6 is 0 Å². The molecule has 0 aliphatic carbocycles. The van der Waals surface area contributed by atoms with Crippen LogP contribution in [0.3, 0.4) is 0 Å². The van der Waals surface area contributed by atoms with Gasteiger partial charge in [0.25, 0.3) is 5.92 Å². The Bertz CT molecular complexity index is 2080. The molecule has 11 nitrogen and oxygen atoms in total. The molecule has 0 saturated carbocycles. The van der Waals surface area contributed by atoms with Gasteiger partial charge in [-0.15, -0.1) is 0 Å². The van der Waals surface area contributed by atoms with Crippen LogP contribution in [0, 0.1) is 5.92 Å². The molecule has 0 radical (unpaired) electrons. The average molecular weight is 913 g/mol. The fraction of sp³-hybridized carbons (Fsp3) is 0.472. The minimum Gasteiger partial charge on any atom is -0.461 e. The molecule has 1 heterocycles. The lowest BCUT2D eigenvalue weighted by atomic mass is 9.76. The molecule has 1 aliphatic heterocycles. The molecule has 0 spiro atoms. The largest absolute Gasteiger partial charge is 0.461 e. The van der Waals surface area contributed by atoms with Crippen molar-refractivity contribution >= 4 is 23.8 Å². The predicted octanol–water partition coefficient (Wildman–Crippen LogP) is 10.2. The zero-order chi connectivity index (χ0) is 47.4. The number of alkyl halides is 2. The fourth-order valence-electron chi connectivity index (χ4n) is 8.18. The van der Waals surface area contributed by atoms with E-state index < -0.39 is 66.3 Å². The lowest BCUT2D eigenvalue weighted by Gasteiger charge is -2.53. The van der Waals surface area contributed by atoms with E-state index in [1.165, 1.54) is 13.8 Å². The van der Waals surface area contributed by atoms with Gasteiger partial charge in [-0.05, 0) is 55.4 Å². The van der Waals surface area contributed by atoms with E-state index in [2.05, 4.69) is 10.6 Å². The van der Waals surface area contributed by atoms with Gasteiger partial charge < -0.3 is 34.3 Å². The van der Waals surface area contributed by atoms with Crippen LogP contribution in [0.25, 0.3) is 0 Å². The molecule has 2 amide bonds. The first-order chi connectivity index (χ1) is 31.8. The lowest BCUT2D eigenvalue weighted by molar-refractivity contribution is -0.332. The first-order valence-electron chi connectivity index (χ1n) is 23.2. The van der Waals surface area contributed by atoms with Crippen LogP contribution in [0.15, 0.2) is 121 Å². The van der Waals surface area contributed by atoms with E-state index in [4.69, 9.17) is 23.7 Å². The maximum Gasteiger partial charge on any atom is 0.408 e. The van der Waals surface area contributed by atoms with Crippen molar-refractivity contribution < 1.29 is 51.6 Å². The molecule has 2 N–H and O–H groups in total. The number of ether oxygens (including phenoxy) is 5. The van der Waals surface area contributed by atoms with Crippen LogP contribution < -0.4 is 10.6 Å². The Kier molecular flexibility index (Phi) is 20.3. The first kappa shape index (κ1) is 51.5. The van der Waals surface area contributed by atoms with Gasteiger partial charge >= 0.3 is 12.1 Å². The quantitative estimate of drug-likeness (QED) is 0.0466. The zero-order valence-corrected chi connectivity index (χ0v) is 38.6. The summed E-state index contributed by atoms with van der Waals surface area (Å²) in [5, 5.41) is 5.29. The zero-order valence-electron chi connectivity index (χ0n) is 38.6. The molecule has 4 aromatic carbocycles. The molecule has 1 aliphatic rings. The second-order valence-corrected chi connectivity index (χ2v) is 17.3. The van der Waals surface area contributed by atoms with Gasteiger partial charge in [-0.1, -0.05) is 154 Å². The second-order valence-electron chi connectivity index (χ2n) is 17.3. The van der Waals surface area contributed by atoms with Crippen LogP contribution in [0.5, 0.6) is 0 Å². The Morgan fingerprint density at radius 2 is 1.18 bits per heavy atom. The topological polar surface area (TPSA) is 138 Å². The number of amides is 2. The van der Waals surface area contributed by atoms with E-state index >= 15 is 8.78 Å². The number of hydrogen-bond donors (Lipinski definition) is 2. The number of Topliss-reactive ketones (excluding diaryl/α,β-unsaturated/α-hetero) is 1. The number of ketones is 1. The minimum atomic E-state index is -3.32. The van der Waals surface area contributed by atoms with Gasteiger partial charge in [-0.2, -0.15) is 0 Å². The number of unbranched alkanes of at least 4 members (excludes halogenated alkanes) is 3. The number of rotatable bonds is 26. The third kappa shape index (κ3) is 15.6. The standard InChI is InChI=1S/C53H66F2N2O9/c1-5-46-38(2)48(63-35-41-24-14-9-15-25-41)49(64-36-42-26-16-10-17-27-42)52(4,66-46)53(54,55)33-21-7-6-20-30-44(57-51(61)65-37-43-28-18-11-19-29-43)50(60)56-39(3)45(58)31-32-47(59)62-34-40-22-12-8-13-23-40/h8-19,22-29,38-39,44,46,48-49H,5-7,20-21,30-37H2,1-4H3,(H,56,60)(H,57,61)/t38-,39-,44-,46+,48-,49+,52+/m0/s1. The SMILES string of the molecule is CC[C@H]1O[C@@](C)(C(F)(F)CCCCCC[C@H](NC(=O)OCc2ccccc2)C(=O)N[C@@H](C)C(=O)CCC(=O)OCc2ccccc2)[C@H](OCc2ccccc2)[C@@H](OCc2ccccc2)[C@H]1C. The summed E-state index contributed by atoms with van der Waals surface area (Å²) in [6, 6.07) is 35.2. The third-order valence-corrected chi connectivity index (χ3v) is 12.2. The Morgan fingerprint density at radius 1 is 0.682 bits per heavy atom. The van der Waals surface area contributed by atoms with Gasteiger partial charge in [0.05, 0.1) is 37.9 Å². The molecule has 5 rings (SSSR count). The molecular weight excluding hydrogens is 847 g/mol. The maximum absolute atomic E-state index is 16.9. The van der Waals surface area contributed by atoms with Crippen molar-refractivity contribution in [2.45, 2.75) is 154 Å². The number of alkyl carbamates (subject to hydrolysis) is 1. The highest BCUT2D eigenvalue weighted by Crippen LogP contribution is 2.48. The fourth-order valence-corrected chi connectivity index (χ4v) is 8.18. The number of benzene rings is 4. The van der Waals surface area contributed by atoms with Crippen LogP contribution in [0.1, 0.15) is 108 Å². The molecule has 356 valence electrons. The molecule has 13 heteroatoms. The number of hydrogen-bond acceptors (Lipinski definition) is 9. The van der Waals surface area contributed by atoms with Gasteiger partial charge in [0.2, 0.25) is 5.91 Å². The summed E-state index contributed by atoms with van der Waals surface area (Å²) in [6.45, 7) is 7.25. The van der Waals surface area contributed by atoms with Gasteiger partial charge in [-0.25, -0.2) is 13.6 Å². The first-order valence-corrected chi connectivity index (χ1v) is 23.2. The minimum absolute atomic E-state index is 0.0247. The highest BCUT2D eigenvalue weighted by molar-refractivity contribution is 5.93. The van der Waals surface area contributed by atoms with E-state index in [1.54, 1.807) is 12.1 Å². The molecule has 7 atom stereocenters. The summed E-state index contributed by atoms with van der Waals surface area (Å²) in [5.74, 6) is -5.09. The molecule has 66 heavy (non-hydrogen) atoms. The molecule has 4 aromatic rings. The van der Waals surface area contributed by atoms with Crippen LogP contribution in [-0.2, 0) is 64.5 Å². The number of nitrogens with one attached hydrogen (secondary N) is 2. The third-order valence-electron chi connectivity index (χ3n) is 12.2. The number of esters is 1. The van der Waals surface area contributed by atoms with Gasteiger partial charge in [0.15, 0.2) is 11.4 Å². The molecule has 1 saturated heterocycles. The van der Waals surface area contributed by atoms with Crippen molar-refractivity contribution in [3.8, 4) is 0 Å². The highest BCUT2D eigenvalue weighted by atomic mass is 19.3. The van der Waals surface area contributed by atoms with Crippen molar-refractivity contribution in [1.82, 2.24) is 10.6 Å². The average Bonchev–Trinajstić information content (AvgIpc) is 3.33. The highest BCUT2D eigenvalue weighted by Gasteiger charge is 2.63. The molecular formula is C53H66F2N2O9. The van der Waals surface area contributed by atoms with Crippen molar-refractivity contribution in [3.05, 3.63) is 144 Å². The lowest BCUT2D eigenvalue weighted by Crippen LogP contribution is -2.68. The van der Waals surface area contributed by atoms with Gasteiger partial charge in [-0.3, -0.25) is 14.4 Å². The van der Waals surface area contributed by atoms with Gasteiger partial charge in [0, 0.05) is 18.8 Å². The molecule has 1 fully saturated rings. The number of halogens is 2. The van der Waals surface area contributed by atoms with Crippen LogP contribution in [0.4, 0.5) is 13.6 Å². The van der Waals surface area contributed by atoms with Crippen LogP contribution in [-0.4, -0.2) is 65.7 Å². The van der Waals surface area contributed by atoms with Crippen molar-refractivity contribution in [2.24, 2.45) is 5.92 Å². The molecule has 0 aromatic heterocycles.